The van der Waals surface area contributed by atoms with Crippen molar-refractivity contribution in [2.45, 2.75) is 12.2 Å². The number of hydrogen-bond donors (Lipinski definition) is 1. The topological polar surface area (TPSA) is 82.2 Å². The molecule has 0 unspecified atom stereocenters. The third-order valence-corrected chi connectivity index (χ3v) is 3.35. The van der Waals surface area contributed by atoms with Crippen molar-refractivity contribution in [3.63, 3.8) is 0 Å². The number of rotatable bonds is 6. The van der Waals surface area contributed by atoms with Crippen LogP contribution in [0.3, 0.4) is 0 Å². The fraction of sp³-hybridized carbons (Fsp3) is 0.357. The monoisotopic (exact) mass is 344 g/mol. The van der Waals surface area contributed by atoms with Crippen LogP contribution in [0.25, 0.3) is 0 Å². The van der Waals surface area contributed by atoms with Crippen molar-refractivity contribution in [1.29, 1.82) is 0 Å². The molecule has 1 aromatic heterocycles. The minimum atomic E-state index is -4.48. The largest absolute Gasteiger partial charge is 0.416 e. The van der Waals surface area contributed by atoms with Gasteiger partial charge in [-0.25, -0.2) is 0 Å². The number of halogens is 3. The van der Waals surface area contributed by atoms with Crippen molar-refractivity contribution < 1.29 is 22.8 Å². The third-order valence-electron chi connectivity index (χ3n) is 3.35. The summed E-state index contributed by atoms with van der Waals surface area (Å²) < 4.78 is 45.0. The Morgan fingerprint density at radius 2 is 2.17 bits per heavy atom. The number of aryl methyl sites for hydroxylation is 1. The van der Waals surface area contributed by atoms with E-state index in [1.54, 1.807) is 7.05 Å². The predicted octanol–water partition coefficient (Wildman–Crippen LogP) is 3.15. The van der Waals surface area contributed by atoms with Crippen molar-refractivity contribution in [1.82, 2.24) is 9.55 Å². The van der Waals surface area contributed by atoms with Gasteiger partial charge in [0.25, 0.3) is 0 Å². The number of ether oxygens (including phenoxy) is 1. The second-order valence-electron chi connectivity index (χ2n) is 5.06. The van der Waals surface area contributed by atoms with E-state index in [2.05, 4.69) is 10.3 Å². The van der Waals surface area contributed by atoms with Gasteiger partial charge in [0.2, 0.25) is 12.1 Å². The normalized spacial score (nSPS) is 12.9. The first kappa shape index (κ1) is 17.7. The van der Waals surface area contributed by atoms with Crippen molar-refractivity contribution >= 4 is 11.6 Å². The summed E-state index contributed by atoms with van der Waals surface area (Å²) in [5.74, 6) is -0.329. The molecular weight excluding hydrogens is 329 g/mol. The van der Waals surface area contributed by atoms with E-state index in [4.69, 9.17) is 4.74 Å². The van der Waals surface area contributed by atoms with Crippen molar-refractivity contribution in [2.75, 3.05) is 19.0 Å². The minimum Gasteiger partial charge on any atom is -0.382 e. The number of imidazole rings is 1. The average molecular weight is 344 g/mol. The summed E-state index contributed by atoms with van der Waals surface area (Å²) in [6, 6.07) is 4.00. The number of alkyl halides is 3. The Morgan fingerprint density at radius 1 is 1.46 bits per heavy atom. The molecule has 24 heavy (non-hydrogen) atoms. The molecule has 1 heterocycles. The molecule has 0 fully saturated rings. The first-order valence-electron chi connectivity index (χ1n) is 6.82. The molecule has 2 aromatic rings. The fourth-order valence-electron chi connectivity index (χ4n) is 2.20. The van der Waals surface area contributed by atoms with Crippen molar-refractivity contribution in [2.24, 2.45) is 7.05 Å². The first-order chi connectivity index (χ1) is 11.2. The van der Waals surface area contributed by atoms with Crippen LogP contribution in [0.15, 0.2) is 30.6 Å². The van der Waals surface area contributed by atoms with Crippen molar-refractivity contribution in [3.05, 3.63) is 51.8 Å². The van der Waals surface area contributed by atoms with Gasteiger partial charge in [-0.15, -0.1) is 0 Å². The van der Waals surface area contributed by atoms with Gasteiger partial charge in [0.15, 0.2) is 0 Å². The first-order valence-corrected chi connectivity index (χ1v) is 6.82. The number of nitrogens with one attached hydrogen (secondary N) is 1. The van der Waals surface area contributed by atoms with Crippen molar-refractivity contribution in [3.8, 4) is 0 Å². The van der Waals surface area contributed by atoms with Crippen LogP contribution in [0, 0.1) is 10.1 Å². The van der Waals surface area contributed by atoms with Crippen LogP contribution in [0.1, 0.15) is 17.2 Å². The second-order valence-corrected chi connectivity index (χ2v) is 5.06. The van der Waals surface area contributed by atoms with Gasteiger partial charge in [-0.05, 0) is 27.6 Å². The quantitative estimate of drug-likeness (QED) is 0.643. The Balaban J connectivity index is 2.38. The third kappa shape index (κ3) is 3.82. The Hall–Kier alpha value is -2.62. The summed E-state index contributed by atoms with van der Waals surface area (Å²) in [6.45, 7) is 0.0175. The van der Waals surface area contributed by atoms with E-state index in [0.717, 1.165) is 12.1 Å². The van der Waals surface area contributed by atoms with E-state index in [9.17, 15) is 23.3 Å². The molecule has 0 bridgehead atoms. The molecule has 0 aliphatic carbocycles. The molecule has 1 atom stereocenters. The Kier molecular flexibility index (Phi) is 5.07. The maximum absolute atomic E-state index is 12.9. The smallest absolute Gasteiger partial charge is 0.382 e. The van der Waals surface area contributed by atoms with Gasteiger partial charge in [0.1, 0.15) is 0 Å². The van der Waals surface area contributed by atoms with Gasteiger partial charge in [0.05, 0.1) is 18.2 Å². The number of aromatic nitrogens is 2. The highest BCUT2D eigenvalue weighted by Crippen LogP contribution is 2.32. The molecule has 10 heteroatoms. The summed E-state index contributed by atoms with van der Waals surface area (Å²) >= 11 is 0. The maximum Gasteiger partial charge on any atom is 0.416 e. The summed E-state index contributed by atoms with van der Waals surface area (Å²) in [7, 11) is 2.93. The maximum atomic E-state index is 12.9. The molecular formula is C14H15F3N4O3. The molecule has 0 spiro atoms. The highest BCUT2D eigenvalue weighted by Gasteiger charge is 2.31. The lowest BCUT2D eigenvalue weighted by atomic mass is 10.0. The zero-order valence-corrected chi connectivity index (χ0v) is 12.9. The molecule has 0 amide bonds. The summed E-state index contributed by atoms with van der Waals surface area (Å²) in [6.07, 6.45) is -3.23. The lowest BCUT2D eigenvalue weighted by molar-refractivity contribution is -0.388. The lowest BCUT2D eigenvalue weighted by Crippen LogP contribution is -2.19. The van der Waals surface area contributed by atoms with Gasteiger partial charge in [-0.1, -0.05) is 12.1 Å². The molecule has 1 N–H and O–H groups in total. The molecule has 2 rings (SSSR count). The molecule has 0 radical (unpaired) electrons. The van der Waals surface area contributed by atoms with E-state index in [-0.39, 0.29) is 12.4 Å². The Labute approximate surface area is 135 Å². The lowest BCUT2D eigenvalue weighted by Gasteiger charge is -2.20. The summed E-state index contributed by atoms with van der Waals surface area (Å²) in [5.41, 5.74) is -0.510. The van der Waals surface area contributed by atoms with Crippen LogP contribution >= 0.6 is 0 Å². The number of nitrogens with zero attached hydrogens (tertiary/aromatic N) is 3. The van der Waals surface area contributed by atoms with Crippen LogP contribution in [-0.2, 0) is 18.0 Å². The van der Waals surface area contributed by atoms with Gasteiger partial charge in [0, 0.05) is 14.2 Å². The fourth-order valence-corrected chi connectivity index (χ4v) is 2.20. The minimum absolute atomic E-state index is 0.0175. The summed E-state index contributed by atoms with van der Waals surface area (Å²) in [5, 5.41) is 13.8. The average Bonchev–Trinajstić information content (AvgIpc) is 2.87. The highest BCUT2D eigenvalue weighted by molar-refractivity contribution is 5.53. The molecule has 0 saturated carbocycles. The number of benzene rings is 1. The van der Waals surface area contributed by atoms with Crippen LogP contribution in [0.2, 0.25) is 0 Å². The van der Waals surface area contributed by atoms with Crippen LogP contribution in [0.4, 0.5) is 24.8 Å². The number of hydrogen-bond acceptors (Lipinski definition) is 5. The molecule has 130 valence electrons. The van der Waals surface area contributed by atoms with Crippen LogP contribution in [0.5, 0.6) is 0 Å². The molecule has 0 aliphatic rings. The van der Waals surface area contributed by atoms with Gasteiger partial charge in [-0.2, -0.15) is 13.2 Å². The zero-order chi connectivity index (χ0) is 17.9. The molecule has 0 aliphatic heterocycles. The van der Waals surface area contributed by atoms with E-state index < -0.39 is 28.5 Å². The van der Waals surface area contributed by atoms with E-state index in [0.29, 0.717) is 5.56 Å². The molecule has 1 aromatic carbocycles. The SMILES string of the molecule is COC[C@@H](Nc1c([N+](=O)[O-])ncn1C)c1cccc(C(F)(F)F)c1. The predicted molar refractivity (Wildman–Crippen MR) is 79.5 cm³/mol. The Bertz CT molecular complexity index is 730. The molecule has 0 saturated heterocycles. The van der Waals surface area contributed by atoms with E-state index in [1.165, 1.54) is 30.1 Å². The standard InChI is InChI=1S/C14H15F3N4O3/c1-20-8-18-12(21(22)23)13(20)19-11(7-24-2)9-4-3-5-10(6-9)14(15,16)17/h3-6,8,11,19H,7H2,1-2H3/t11-/m1/s1. The zero-order valence-electron chi connectivity index (χ0n) is 12.9. The van der Waals surface area contributed by atoms with E-state index >= 15 is 0 Å². The van der Waals surface area contributed by atoms with Crippen LogP contribution < -0.4 is 5.32 Å². The van der Waals surface area contributed by atoms with Crippen LogP contribution in [-0.4, -0.2) is 28.2 Å². The Morgan fingerprint density at radius 3 is 2.75 bits per heavy atom. The number of anilines is 1. The van der Waals surface area contributed by atoms with Gasteiger partial charge >= 0.3 is 12.0 Å². The van der Waals surface area contributed by atoms with E-state index in [1.807, 2.05) is 0 Å². The summed E-state index contributed by atoms with van der Waals surface area (Å²) in [4.78, 5) is 14.0. The number of nitro groups is 1. The number of methoxy groups -OCH3 is 1. The molecule has 7 nitrogen and oxygen atoms in total. The van der Waals surface area contributed by atoms with Gasteiger partial charge < -0.3 is 20.2 Å². The van der Waals surface area contributed by atoms with Gasteiger partial charge in [-0.3, -0.25) is 4.57 Å². The second kappa shape index (κ2) is 6.87. The highest BCUT2D eigenvalue weighted by atomic mass is 19.4.